The second kappa shape index (κ2) is 4.87. The predicted octanol–water partition coefficient (Wildman–Crippen LogP) is 1.28. The molecule has 0 unspecified atom stereocenters. The summed E-state index contributed by atoms with van der Waals surface area (Å²) in [4.78, 5) is 9.30. The van der Waals surface area contributed by atoms with Gasteiger partial charge in [0.2, 0.25) is 0 Å². The Labute approximate surface area is 89.4 Å². The van der Waals surface area contributed by atoms with Crippen molar-refractivity contribution in [3.05, 3.63) is 16.6 Å². The monoisotopic (exact) mass is 211 g/mol. The standard InChI is InChI=1S/C10H17N3S/c1-2-12-3-5-13(6-4-12)7-10-8-14-9-11-10/h8-9H,2-7H2,1H3. The van der Waals surface area contributed by atoms with Gasteiger partial charge in [-0.1, -0.05) is 6.92 Å². The van der Waals surface area contributed by atoms with Gasteiger partial charge in [0, 0.05) is 38.1 Å². The lowest BCUT2D eigenvalue weighted by molar-refractivity contribution is 0.131. The summed E-state index contributed by atoms with van der Waals surface area (Å²) in [5.41, 5.74) is 3.14. The maximum absolute atomic E-state index is 4.31. The van der Waals surface area contributed by atoms with Crippen LogP contribution in [0.4, 0.5) is 0 Å². The third kappa shape index (κ3) is 2.53. The van der Waals surface area contributed by atoms with Crippen molar-refractivity contribution in [2.45, 2.75) is 13.5 Å². The minimum absolute atomic E-state index is 1.03. The molecule has 1 aromatic rings. The highest BCUT2D eigenvalue weighted by molar-refractivity contribution is 7.07. The molecule has 1 saturated heterocycles. The molecule has 0 atom stereocenters. The lowest BCUT2D eigenvalue weighted by Crippen LogP contribution is -2.45. The molecule has 0 aromatic carbocycles. The van der Waals surface area contributed by atoms with Gasteiger partial charge in [-0.25, -0.2) is 4.98 Å². The molecular formula is C10H17N3S. The first-order valence-corrected chi connectivity index (χ1v) is 6.14. The fourth-order valence-corrected chi connectivity index (χ4v) is 2.36. The van der Waals surface area contributed by atoms with Crippen LogP contribution in [0.5, 0.6) is 0 Å². The van der Waals surface area contributed by atoms with E-state index in [1.165, 1.54) is 38.4 Å². The molecule has 2 rings (SSSR count). The summed E-state index contributed by atoms with van der Waals surface area (Å²) in [7, 11) is 0. The summed E-state index contributed by atoms with van der Waals surface area (Å²) in [6.07, 6.45) is 0. The Morgan fingerprint density at radius 1 is 1.29 bits per heavy atom. The lowest BCUT2D eigenvalue weighted by Gasteiger charge is -2.33. The van der Waals surface area contributed by atoms with Gasteiger partial charge in [-0.15, -0.1) is 11.3 Å². The highest BCUT2D eigenvalue weighted by atomic mass is 32.1. The molecule has 0 N–H and O–H groups in total. The van der Waals surface area contributed by atoms with Crippen LogP contribution in [0.15, 0.2) is 10.9 Å². The number of thiazole rings is 1. The van der Waals surface area contributed by atoms with Crippen LogP contribution in [0.3, 0.4) is 0 Å². The maximum Gasteiger partial charge on any atom is 0.0795 e. The van der Waals surface area contributed by atoms with Crippen LogP contribution < -0.4 is 0 Å². The molecule has 0 radical (unpaired) electrons. The Bertz CT molecular complexity index is 252. The molecule has 1 fully saturated rings. The Morgan fingerprint density at radius 2 is 2.00 bits per heavy atom. The molecule has 4 heteroatoms. The van der Waals surface area contributed by atoms with Crippen molar-refractivity contribution in [1.82, 2.24) is 14.8 Å². The third-order valence-corrected chi connectivity index (χ3v) is 3.42. The van der Waals surface area contributed by atoms with Crippen molar-refractivity contribution in [2.75, 3.05) is 32.7 Å². The Morgan fingerprint density at radius 3 is 2.57 bits per heavy atom. The number of hydrogen-bond acceptors (Lipinski definition) is 4. The molecule has 2 heterocycles. The zero-order chi connectivity index (χ0) is 9.80. The average Bonchev–Trinajstić information content (AvgIpc) is 2.72. The minimum atomic E-state index is 1.03. The summed E-state index contributed by atoms with van der Waals surface area (Å²) in [6, 6.07) is 0. The first-order chi connectivity index (χ1) is 6.88. The van der Waals surface area contributed by atoms with E-state index >= 15 is 0 Å². The molecule has 14 heavy (non-hydrogen) atoms. The molecule has 0 spiro atoms. The van der Waals surface area contributed by atoms with Crippen LogP contribution >= 0.6 is 11.3 Å². The normalized spacial score (nSPS) is 20.1. The van der Waals surface area contributed by atoms with Crippen LogP contribution in [-0.2, 0) is 6.54 Å². The second-order valence-electron chi connectivity index (χ2n) is 3.69. The van der Waals surface area contributed by atoms with Crippen molar-refractivity contribution in [3.63, 3.8) is 0 Å². The van der Waals surface area contributed by atoms with Crippen molar-refractivity contribution in [1.29, 1.82) is 0 Å². The van der Waals surface area contributed by atoms with Crippen molar-refractivity contribution < 1.29 is 0 Å². The van der Waals surface area contributed by atoms with E-state index in [-0.39, 0.29) is 0 Å². The second-order valence-corrected chi connectivity index (χ2v) is 4.41. The molecule has 1 aromatic heterocycles. The van der Waals surface area contributed by atoms with E-state index in [0.29, 0.717) is 0 Å². The van der Waals surface area contributed by atoms with Crippen LogP contribution in [0.25, 0.3) is 0 Å². The average molecular weight is 211 g/mol. The van der Waals surface area contributed by atoms with E-state index in [1.807, 2.05) is 5.51 Å². The third-order valence-electron chi connectivity index (χ3n) is 2.78. The Kier molecular flexibility index (Phi) is 3.50. The highest BCUT2D eigenvalue weighted by Crippen LogP contribution is 2.08. The van der Waals surface area contributed by atoms with Crippen molar-refractivity contribution >= 4 is 11.3 Å². The number of likely N-dealkylation sites (N-methyl/N-ethyl adjacent to an activating group) is 1. The van der Waals surface area contributed by atoms with Gasteiger partial charge in [-0.3, -0.25) is 4.90 Å². The molecule has 0 bridgehead atoms. The molecule has 0 saturated carbocycles. The Hall–Kier alpha value is -0.450. The van der Waals surface area contributed by atoms with E-state index in [9.17, 15) is 0 Å². The number of aromatic nitrogens is 1. The number of hydrogen-bond donors (Lipinski definition) is 0. The summed E-state index contributed by atoms with van der Waals surface area (Å²) in [6.45, 7) is 9.24. The lowest BCUT2D eigenvalue weighted by atomic mass is 10.3. The highest BCUT2D eigenvalue weighted by Gasteiger charge is 2.15. The quantitative estimate of drug-likeness (QED) is 0.751. The first kappa shape index (κ1) is 10.1. The topological polar surface area (TPSA) is 19.4 Å². The van der Waals surface area contributed by atoms with E-state index in [1.54, 1.807) is 11.3 Å². The fraction of sp³-hybridized carbons (Fsp3) is 0.700. The number of nitrogens with zero attached hydrogens (tertiary/aromatic N) is 3. The molecule has 3 nitrogen and oxygen atoms in total. The molecule has 0 amide bonds. The van der Waals surface area contributed by atoms with Crippen LogP contribution in [0.2, 0.25) is 0 Å². The summed E-state index contributed by atoms with van der Waals surface area (Å²) < 4.78 is 0. The smallest absolute Gasteiger partial charge is 0.0795 e. The number of piperazine rings is 1. The van der Waals surface area contributed by atoms with E-state index in [4.69, 9.17) is 0 Å². The van der Waals surface area contributed by atoms with Gasteiger partial charge in [0.15, 0.2) is 0 Å². The summed E-state index contributed by atoms with van der Waals surface area (Å²) in [5.74, 6) is 0. The van der Waals surface area contributed by atoms with Crippen LogP contribution in [0, 0.1) is 0 Å². The zero-order valence-corrected chi connectivity index (χ0v) is 9.46. The van der Waals surface area contributed by atoms with Crippen LogP contribution in [-0.4, -0.2) is 47.5 Å². The van der Waals surface area contributed by atoms with Gasteiger partial charge < -0.3 is 4.90 Å². The van der Waals surface area contributed by atoms with E-state index in [2.05, 4.69) is 27.1 Å². The number of rotatable bonds is 3. The van der Waals surface area contributed by atoms with Crippen molar-refractivity contribution in [2.24, 2.45) is 0 Å². The SMILES string of the molecule is CCN1CCN(Cc2cscn2)CC1. The van der Waals surface area contributed by atoms with Crippen LogP contribution in [0.1, 0.15) is 12.6 Å². The predicted molar refractivity (Wildman–Crippen MR) is 59.5 cm³/mol. The Balaban J connectivity index is 1.79. The van der Waals surface area contributed by atoms with Crippen molar-refractivity contribution in [3.8, 4) is 0 Å². The molecule has 1 aliphatic rings. The summed E-state index contributed by atoms with van der Waals surface area (Å²) in [5, 5.41) is 2.15. The van der Waals surface area contributed by atoms with Gasteiger partial charge in [0.1, 0.15) is 0 Å². The van der Waals surface area contributed by atoms with Gasteiger partial charge in [-0.2, -0.15) is 0 Å². The largest absolute Gasteiger partial charge is 0.301 e. The summed E-state index contributed by atoms with van der Waals surface area (Å²) >= 11 is 1.69. The van der Waals surface area contributed by atoms with E-state index in [0.717, 1.165) is 6.54 Å². The van der Waals surface area contributed by atoms with Gasteiger partial charge in [0.25, 0.3) is 0 Å². The molecule has 1 aliphatic heterocycles. The van der Waals surface area contributed by atoms with Gasteiger partial charge >= 0.3 is 0 Å². The molecule has 78 valence electrons. The zero-order valence-electron chi connectivity index (χ0n) is 8.65. The van der Waals surface area contributed by atoms with Gasteiger partial charge in [-0.05, 0) is 6.54 Å². The van der Waals surface area contributed by atoms with Gasteiger partial charge in [0.05, 0.1) is 11.2 Å². The molecule has 0 aliphatic carbocycles. The van der Waals surface area contributed by atoms with E-state index < -0.39 is 0 Å². The molecular weight excluding hydrogens is 194 g/mol. The maximum atomic E-state index is 4.31. The fourth-order valence-electron chi connectivity index (χ4n) is 1.81. The minimum Gasteiger partial charge on any atom is -0.301 e. The first-order valence-electron chi connectivity index (χ1n) is 5.20.